The van der Waals surface area contributed by atoms with Crippen molar-refractivity contribution in [3.05, 3.63) is 12.2 Å². The standard InChI is InChI=1S/C10H15NO/c12-10(11-6-3-7-11)8-9-4-1-2-5-9/h1,4,9H,2-3,5-8H2. The van der Waals surface area contributed by atoms with Gasteiger partial charge in [0, 0.05) is 19.5 Å². The van der Waals surface area contributed by atoms with Crippen LogP contribution in [0.25, 0.3) is 0 Å². The molecule has 0 aromatic carbocycles. The van der Waals surface area contributed by atoms with Crippen molar-refractivity contribution in [2.75, 3.05) is 13.1 Å². The first kappa shape index (κ1) is 7.84. The zero-order valence-corrected chi connectivity index (χ0v) is 7.33. The van der Waals surface area contributed by atoms with E-state index in [0.29, 0.717) is 11.8 Å². The van der Waals surface area contributed by atoms with Gasteiger partial charge >= 0.3 is 0 Å². The number of allylic oxidation sites excluding steroid dienone is 2. The SMILES string of the molecule is O=C(CC1C=CCC1)N1CCC1. The Balaban J connectivity index is 1.77. The maximum atomic E-state index is 11.5. The summed E-state index contributed by atoms with van der Waals surface area (Å²) in [6, 6.07) is 0. The third-order valence-corrected chi connectivity index (χ3v) is 2.76. The lowest BCUT2D eigenvalue weighted by Crippen LogP contribution is -2.42. The molecule has 0 spiro atoms. The largest absolute Gasteiger partial charge is 0.343 e. The van der Waals surface area contributed by atoms with Crippen LogP contribution < -0.4 is 0 Å². The maximum absolute atomic E-state index is 11.5. The Morgan fingerprint density at radius 2 is 2.33 bits per heavy atom. The van der Waals surface area contributed by atoms with Crippen molar-refractivity contribution in [2.24, 2.45) is 5.92 Å². The van der Waals surface area contributed by atoms with Gasteiger partial charge < -0.3 is 4.90 Å². The average molecular weight is 165 g/mol. The van der Waals surface area contributed by atoms with E-state index in [1.165, 1.54) is 12.8 Å². The molecular formula is C10H15NO. The highest BCUT2D eigenvalue weighted by molar-refractivity contribution is 5.77. The third-order valence-electron chi connectivity index (χ3n) is 2.76. The number of likely N-dealkylation sites (tertiary alicyclic amines) is 1. The molecule has 0 radical (unpaired) electrons. The van der Waals surface area contributed by atoms with Gasteiger partial charge in [-0.05, 0) is 25.2 Å². The molecule has 12 heavy (non-hydrogen) atoms. The quantitative estimate of drug-likeness (QED) is 0.569. The number of hydrogen-bond acceptors (Lipinski definition) is 1. The fourth-order valence-corrected chi connectivity index (χ4v) is 1.78. The van der Waals surface area contributed by atoms with Gasteiger partial charge in [0.05, 0.1) is 0 Å². The van der Waals surface area contributed by atoms with Crippen LogP contribution in [0.3, 0.4) is 0 Å². The van der Waals surface area contributed by atoms with Gasteiger partial charge in [-0.15, -0.1) is 0 Å². The lowest BCUT2D eigenvalue weighted by atomic mass is 10.0. The van der Waals surface area contributed by atoms with E-state index in [0.717, 1.165) is 25.9 Å². The van der Waals surface area contributed by atoms with Gasteiger partial charge in [0.15, 0.2) is 0 Å². The van der Waals surface area contributed by atoms with Crippen molar-refractivity contribution >= 4 is 5.91 Å². The number of carbonyl (C=O) groups excluding carboxylic acids is 1. The molecule has 1 saturated heterocycles. The minimum atomic E-state index is 0.359. The Labute approximate surface area is 73.2 Å². The highest BCUT2D eigenvalue weighted by Crippen LogP contribution is 2.22. The van der Waals surface area contributed by atoms with Crippen molar-refractivity contribution in [1.29, 1.82) is 0 Å². The van der Waals surface area contributed by atoms with Gasteiger partial charge in [-0.2, -0.15) is 0 Å². The van der Waals surface area contributed by atoms with E-state index < -0.39 is 0 Å². The molecule has 1 aliphatic heterocycles. The Bertz CT molecular complexity index is 206. The molecule has 1 heterocycles. The molecule has 1 aliphatic carbocycles. The van der Waals surface area contributed by atoms with Crippen LogP contribution in [-0.4, -0.2) is 23.9 Å². The van der Waals surface area contributed by atoms with Crippen LogP contribution in [0.15, 0.2) is 12.2 Å². The van der Waals surface area contributed by atoms with E-state index in [4.69, 9.17) is 0 Å². The van der Waals surface area contributed by atoms with Gasteiger partial charge in [0.1, 0.15) is 0 Å². The van der Waals surface area contributed by atoms with Crippen molar-refractivity contribution in [2.45, 2.75) is 25.7 Å². The summed E-state index contributed by atoms with van der Waals surface area (Å²) in [6.07, 6.45) is 8.67. The summed E-state index contributed by atoms with van der Waals surface area (Å²) in [4.78, 5) is 13.4. The van der Waals surface area contributed by atoms with Crippen molar-refractivity contribution in [3.63, 3.8) is 0 Å². The Kier molecular flexibility index (Phi) is 2.15. The molecule has 2 rings (SSSR count). The van der Waals surface area contributed by atoms with Crippen LogP contribution in [0.4, 0.5) is 0 Å². The molecule has 0 saturated carbocycles. The van der Waals surface area contributed by atoms with Gasteiger partial charge in [-0.1, -0.05) is 12.2 Å². The van der Waals surface area contributed by atoms with Crippen LogP contribution in [0, 0.1) is 5.92 Å². The molecule has 2 heteroatoms. The number of rotatable bonds is 2. The molecule has 1 amide bonds. The van der Waals surface area contributed by atoms with Crippen molar-refractivity contribution in [3.8, 4) is 0 Å². The predicted octanol–water partition coefficient (Wildman–Crippen LogP) is 1.57. The first-order valence-electron chi connectivity index (χ1n) is 4.81. The average Bonchev–Trinajstić information content (AvgIpc) is 2.34. The fourth-order valence-electron chi connectivity index (χ4n) is 1.78. The minimum Gasteiger partial charge on any atom is -0.343 e. The zero-order valence-electron chi connectivity index (χ0n) is 7.33. The van der Waals surface area contributed by atoms with E-state index in [9.17, 15) is 4.79 Å². The first-order chi connectivity index (χ1) is 5.86. The summed E-state index contributed by atoms with van der Waals surface area (Å²) >= 11 is 0. The third kappa shape index (κ3) is 1.52. The molecule has 2 aliphatic rings. The van der Waals surface area contributed by atoms with Crippen LogP contribution >= 0.6 is 0 Å². The number of carbonyl (C=O) groups is 1. The van der Waals surface area contributed by atoms with Crippen LogP contribution in [-0.2, 0) is 4.79 Å². The molecular weight excluding hydrogens is 150 g/mol. The summed E-state index contributed by atoms with van der Waals surface area (Å²) in [5, 5.41) is 0. The lowest BCUT2D eigenvalue weighted by molar-refractivity contribution is -0.135. The summed E-state index contributed by atoms with van der Waals surface area (Å²) in [5.41, 5.74) is 0. The second-order valence-electron chi connectivity index (χ2n) is 3.70. The van der Waals surface area contributed by atoms with E-state index >= 15 is 0 Å². The highest BCUT2D eigenvalue weighted by atomic mass is 16.2. The second-order valence-corrected chi connectivity index (χ2v) is 3.70. The highest BCUT2D eigenvalue weighted by Gasteiger charge is 2.22. The molecule has 0 bridgehead atoms. The molecule has 2 nitrogen and oxygen atoms in total. The van der Waals surface area contributed by atoms with E-state index in [-0.39, 0.29) is 0 Å². The molecule has 66 valence electrons. The fraction of sp³-hybridized carbons (Fsp3) is 0.700. The zero-order chi connectivity index (χ0) is 8.39. The number of hydrogen-bond donors (Lipinski definition) is 0. The second kappa shape index (κ2) is 3.30. The van der Waals surface area contributed by atoms with Gasteiger partial charge in [-0.25, -0.2) is 0 Å². The molecule has 1 fully saturated rings. The molecule has 1 atom stereocenters. The Morgan fingerprint density at radius 1 is 1.50 bits per heavy atom. The minimum absolute atomic E-state index is 0.359. The van der Waals surface area contributed by atoms with E-state index in [1.807, 2.05) is 4.90 Å². The van der Waals surface area contributed by atoms with Crippen LogP contribution in [0.1, 0.15) is 25.7 Å². The van der Waals surface area contributed by atoms with E-state index in [1.54, 1.807) is 0 Å². The van der Waals surface area contributed by atoms with Gasteiger partial charge in [0.25, 0.3) is 0 Å². The normalized spacial score (nSPS) is 27.3. The van der Waals surface area contributed by atoms with E-state index in [2.05, 4.69) is 12.2 Å². The molecule has 1 unspecified atom stereocenters. The lowest BCUT2D eigenvalue weighted by Gasteiger charge is -2.31. The smallest absolute Gasteiger partial charge is 0.223 e. The summed E-state index contributed by atoms with van der Waals surface area (Å²) in [6.45, 7) is 1.99. The molecule has 0 aromatic heterocycles. The molecule has 0 aromatic rings. The van der Waals surface area contributed by atoms with Gasteiger partial charge in [0.2, 0.25) is 5.91 Å². The topological polar surface area (TPSA) is 20.3 Å². The van der Waals surface area contributed by atoms with Gasteiger partial charge in [-0.3, -0.25) is 4.79 Å². The monoisotopic (exact) mass is 165 g/mol. The number of nitrogens with zero attached hydrogens (tertiary/aromatic N) is 1. The van der Waals surface area contributed by atoms with Crippen LogP contribution in [0.5, 0.6) is 0 Å². The Hall–Kier alpha value is -0.790. The first-order valence-corrected chi connectivity index (χ1v) is 4.81. The number of amides is 1. The Morgan fingerprint density at radius 3 is 2.83 bits per heavy atom. The maximum Gasteiger partial charge on any atom is 0.223 e. The molecule has 0 N–H and O–H groups in total. The van der Waals surface area contributed by atoms with Crippen molar-refractivity contribution < 1.29 is 4.79 Å². The van der Waals surface area contributed by atoms with Crippen molar-refractivity contribution in [1.82, 2.24) is 4.90 Å². The predicted molar refractivity (Wildman–Crippen MR) is 47.7 cm³/mol. The summed E-state index contributed by atoms with van der Waals surface area (Å²) < 4.78 is 0. The summed E-state index contributed by atoms with van der Waals surface area (Å²) in [5.74, 6) is 0.899. The summed E-state index contributed by atoms with van der Waals surface area (Å²) in [7, 11) is 0. The van der Waals surface area contributed by atoms with Crippen LogP contribution in [0.2, 0.25) is 0 Å².